The molecule has 0 aromatic carbocycles. The lowest BCUT2D eigenvalue weighted by Crippen LogP contribution is -2.25. The third kappa shape index (κ3) is 5.25. The lowest BCUT2D eigenvalue weighted by atomic mass is 10.4. The van der Waals surface area contributed by atoms with Crippen LogP contribution in [0.2, 0.25) is 0 Å². The average Bonchev–Trinajstić information content (AvgIpc) is 2.82. The summed E-state index contributed by atoms with van der Waals surface area (Å²) in [5.74, 6) is -0.142. The van der Waals surface area contributed by atoms with Crippen molar-refractivity contribution in [2.45, 2.75) is 26.3 Å². The van der Waals surface area contributed by atoms with Crippen LogP contribution in [0.15, 0.2) is 5.38 Å². The van der Waals surface area contributed by atoms with Crippen molar-refractivity contribution in [2.24, 2.45) is 5.73 Å². The zero-order valence-electron chi connectivity index (χ0n) is 10.1. The Hall–Kier alpha value is -0.980. The first-order valence-corrected chi connectivity index (χ1v) is 6.66. The maximum atomic E-state index is 11.6. The molecule has 96 valence electrons. The number of carbonyl (C=O) groups is 1. The van der Waals surface area contributed by atoms with E-state index in [1.165, 1.54) is 11.3 Å². The molecule has 0 radical (unpaired) electrons. The molecule has 0 aliphatic carbocycles. The fourth-order valence-electron chi connectivity index (χ4n) is 1.22. The summed E-state index contributed by atoms with van der Waals surface area (Å²) in [4.78, 5) is 15.7. The molecule has 5 nitrogen and oxygen atoms in total. The third-order valence-electron chi connectivity index (χ3n) is 2.06. The van der Waals surface area contributed by atoms with Crippen molar-refractivity contribution in [3.8, 4) is 0 Å². The maximum Gasteiger partial charge on any atom is 0.270 e. The molecule has 1 heterocycles. The van der Waals surface area contributed by atoms with Crippen molar-refractivity contribution in [3.05, 3.63) is 16.1 Å². The number of rotatable bonds is 8. The molecule has 0 fully saturated rings. The van der Waals surface area contributed by atoms with Gasteiger partial charge in [0.15, 0.2) is 0 Å². The summed E-state index contributed by atoms with van der Waals surface area (Å²) in [5, 5.41) is 5.30. The molecule has 0 atom stereocenters. The zero-order valence-corrected chi connectivity index (χ0v) is 10.9. The molecule has 0 spiro atoms. The Morgan fingerprint density at radius 1 is 1.59 bits per heavy atom. The van der Waals surface area contributed by atoms with E-state index in [1.54, 1.807) is 5.38 Å². The molecular weight excluding hydrogens is 238 g/mol. The third-order valence-corrected chi connectivity index (χ3v) is 2.93. The molecule has 0 aliphatic heterocycles. The van der Waals surface area contributed by atoms with E-state index in [-0.39, 0.29) is 5.91 Å². The standard InChI is InChI=1S/C11H19N3O2S/c1-2-5-16-6-3-4-13-11(15)9-8-17-10(7-12)14-9/h8H,2-7,12H2,1H3,(H,13,15). The van der Waals surface area contributed by atoms with Gasteiger partial charge in [0, 0.05) is 31.7 Å². The highest BCUT2D eigenvalue weighted by atomic mass is 32.1. The molecule has 6 heteroatoms. The predicted molar refractivity (Wildman–Crippen MR) is 68.1 cm³/mol. The van der Waals surface area contributed by atoms with E-state index in [9.17, 15) is 4.79 Å². The number of amides is 1. The minimum atomic E-state index is -0.142. The summed E-state index contributed by atoms with van der Waals surface area (Å²) < 4.78 is 5.31. The van der Waals surface area contributed by atoms with Gasteiger partial charge in [-0.25, -0.2) is 4.98 Å². The van der Waals surface area contributed by atoms with Gasteiger partial charge in [-0.05, 0) is 12.8 Å². The van der Waals surface area contributed by atoms with Crippen LogP contribution >= 0.6 is 11.3 Å². The second-order valence-corrected chi connectivity index (χ2v) is 4.50. The molecule has 1 aromatic rings. The van der Waals surface area contributed by atoms with Gasteiger partial charge in [-0.1, -0.05) is 6.92 Å². The fraction of sp³-hybridized carbons (Fsp3) is 0.636. The monoisotopic (exact) mass is 257 g/mol. The highest BCUT2D eigenvalue weighted by molar-refractivity contribution is 7.09. The van der Waals surface area contributed by atoms with Crippen LogP contribution in [-0.4, -0.2) is 30.6 Å². The SMILES string of the molecule is CCCOCCCNC(=O)c1csc(CN)n1. The smallest absolute Gasteiger partial charge is 0.270 e. The molecule has 0 saturated heterocycles. The van der Waals surface area contributed by atoms with E-state index in [1.807, 2.05) is 0 Å². The summed E-state index contributed by atoms with van der Waals surface area (Å²) in [6.07, 6.45) is 1.84. The number of hydrogen-bond donors (Lipinski definition) is 2. The molecule has 3 N–H and O–H groups in total. The van der Waals surface area contributed by atoms with Gasteiger partial charge in [-0.3, -0.25) is 4.79 Å². The molecule has 0 unspecified atom stereocenters. The Balaban J connectivity index is 2.16. The van der Waals surface area contributed by atoms with Crippen molar-refractivity contribution in [1.29, 1.82) is 0 Å². The van der Waals surface area contributed by atoms with Gasteiger partial charge in [0.05, 0.1) is 0 Å². The molecule has 0 aliphatic rings. The zero-order chi connectivity index (χ0) is 12.5. The Morgan fingerprint density at radius 3 is 3.06 bits per heavy atom. The Morgan fingerprint density at radius 2 is 2.41 bits per heavy atom. The van der Waals surface area contributed by atoms with E-state index in [0.717, 1.165) is 24.5 Å². The number of aromatic nitrogens is 1. The molecule has 0 saturated carbocycles. The topological polar surface area (TPSA) is 77.2 Å². The number of nitrogens with two attached hydrogens (primary N) is 1. The summed E-state index contributed by atoms with van der Waals surface area (Å²) in [6.45, 7) is 4.51. The van der Waals surface area contributed by atoms with Crippen LogP contribution < -0.4 is 11.1 Å². The average molecular weight is 257 g/mol. The highest BCUT2D eigenvalue weighted by Gasteiger charge is 2.08. The van der Waals surface area contributed by atoms with Crippen LogP contribution in [0.25, 0.3) is 0 Å². The fourth-order valence-corrected chi connectivity index (χ4v) is 1.88. The predicted octanol–water partition coefficient (Wildman–Crippen LogP) is 1.15. The van der Waals surface area contributed by atoms with Crippen molar-refractivity contribution in [2.75, 3.05) is 19.8 Å². The van der Waals surface area contributed by atoms with Crippen LogP contribution in [0.4, 0.5) is 0 Å². The quantitative estimate of drug-likeness (QED) is 0.685. The lowest BCUT2D eigenvalue weighted by Gasteiger charge is -2.03. The molecule has 1 amide bonds. The van der Waals surface area contributed by atoms with Crippen LogP contribution in [0.5, 0.6) is 0 Å². The molecule has 0 bridgehead atoms. The van der Waals surface area contributed by atoms with Gasteiger partial charge < -0.3 is 15.8 Å². The minimum Gasteiger partial charge on any atom is -0.381 e. The number of thiazole rings is 1. The normalized spacial score (nSPS) is 10.5. The van der Waals surface area contributed by atoms with Gasteiger partial charge in [0.2, 0.25) is 0 Å². The summed E-state index contributed by atoms with van der Waals surface area (Å²) in [5.41, 5.74) is 5.88. The summed E-state index contributed by atoms with van der Waals surface area (Å²) in [7, 11) is 0. The minimum absolute atomic E-state index is 0.142. The van der Waals surface area contributed by atoms with Gasteiger partial charge in [-0.2, -0.15) is 0 Å². The van der Waals surface area contributed by atoms with Crippen LogP contribution in [-0.2, 0) is 11.3 Å². The lowest BCUT2D eigenvalue weighted by molar-refractivity contribution is 0.0937. The maximum absolute atomic E-state index is 11.6. The van der Waals surface area contributed by atoms with Crippen LogP contribution in [0.3, 0.4) is 0 Å². The van der Waals surface area contributed by atoms with Gasteiger partial charge in [0.25, 0.3) is 5.91 Å². The number of nitrogens with one attached hydrogen (secondary N) is 1. The number of nitrogens with zero attached hydrogens (tertiary/aromatic N) is 1. The second-order valence-electron chi connectivity index (χ2n) is 3.55. The second kappa shape index (κ2) is 8.16. The summed E-state index contributed by atoms with van der Waals surface area (Å²) in [6, 6.07) is 0. The first-order valence-electron chi connectivity index (χ1n) is 5.78. The molecule has 17 heavy (non-hydrogen) atoms. The van der Waals surface area contributed by atoms with Gasteiger partial charge in [0.1, 0.15) is 10.7 Å². The number of ether oxygens (including phenoxy) is 1. The van der Waals surface area contributed by atoms with E-state index >= 15 is 0 Å². The van der Waals surface area contributed by atoms with Crippen molar-refractivity contribution < 1.29 is 9.53 Å². The molecule has 1 rings (SSSR count). The van der Waals surface area contributed by atoms with E-state index in [4.69, 9.17) is 10.5 Å². The van der Waals surface area contributed by atoms with Crippen molar-refractivity contribution >= 4 is 17.2 Å². The Labute approximate surface area is 105 Å². The van der Waals surface area contributed by atoms with E-state index in [2.05, 4.69) is 17.2 Å². The van der Waals surface area contributed by atoms with Gasteiger partial charge >= 0.3 is 0 Å². The Kier molecular flexibility index (Phi) is 6.76. The van der Waals surface area contributed by atoms with Gasteiger partial charge in [-0.15, -0.1) is 11.3 Å². The first kappa shape index (κ1) is 14.1. The van der Waals surface area contributed by atoms with Crippen LogP contribution in [0, 0.1) is 0 Å². The Bertz CT molecular complexity index is 341. The first-order chi connectivity index (χ1) is 8.27. The largest absolute Gasteiger partial charge is 0.381 e. The van der Waals surface area contributed by atoms with E-state index < -0.39 is 0 Å². The van der Waals surface area contributed by atoms with Crippen molar-refractivity contribution in [3.63, 3.8) is 0 Å². The van der Waals surface area contributed by atoms with E-state index in [0.29, 0.717) is 25.4 Å². The van der Waals surface area contributed by atoms with Crippen LogP contribution in [0.1, 0.15) is 35.3 Å². The summed E-state index contributed by atoms with van der Waals surface area (Å²) >= 11 is 1.41. The highest BCUT2D eigenvalue weighted by Crippen LogP contribution is 2.08. The number of hydrogen-bond acceptors (Lipinski definition) is 5. The number of carbonyl (C=O) groups excluding carboxylic acids is 1. The van der Waals surface area contributed by atoms with Crippen molar-refractivity contribution in [1.82, 2.24) is 10.3 Å². The molecular formula is C11H19N3O2S. The molecule has 1 aromatic heterocycles.